The summed E-state index contributed by atoms with van der Waals surface area (Å²) in [5, 5.41) is 13.3. The van der Waals surface area contributed by atoms with Crippen LogP contribution in [0.1, 0.15) is 128 Å². The van der Waals surface area contributed by atoms with Gasteiger partial charge < -0.3 is 13.5 Å². The third kappa shape index (κ3) is 7.40. The van der Waals surface area contributed by atoms with Gasteiger partial charge in [0, 0.05) is 21.9 Å². The van der Waals surface area contributed by atoms with Gasteiger partial charge in [0.25, 0.3) is 0 Å². The lowest BCUT2D eigenvalue weighted by atomic mass is 9.78. The van der Waals surface area contributed by atoms with Crippen molar-refractivity contribution in [3.8, 4) is 5.75 Å². The van der Waals surface area contributed by atoms with E-state index in [1.165, 1.54) is 16.7 Å². The number of benzene rings is 3. The molecule has 0 saturated carbocycles. The van der Waals surface area contributed by atoms with Crippen LogP contribution in [-0.4, -0.2) is 11.7 Å². The minimum atomic E-state index is -1.69. The molecule has 0 radical (unpaired) electrons. The van der Waals surface area contributed by atoms with E-state index >= 15 is 0 Å². The summed E-state index contributed by atoms with van der Waals surface area (Å²) in [7, 11) is -1.69. The van der Waals surface area contributed by atoms with E-state index in [0.717, 1.165) is 57.0 Å². The monoisotopic (exact) mass is 618 g/mol. The van der Waals surface area contributed by atoms with Gasteiger partial charge in [0.05, 0.1) is 6.61 Å². The van der Waals surface area contributed by atoms with Crippen LogP contribution in [0.5, 0.6) is 5.75 Å². The van der Waals surface area contributed by atoms with Gasteiger partial charge in [-0.25, -0.2) is 0 Å². The molecule has 0 aliphatic heterocycles. The Morgan fingerprint density at radius 3 is 1.34 bits per heavy atom. The van der Waals surface area contributed by atoms with Crippen LogP contribution in [0.3, 0.4) is 0 Å². The zero-order chi connectivity index (χ0) is 33.0. The molecule has 5 heteroatoms. The first-order valence-electron chi connectivity index (χ1n) is 16.0. The van der Waals surface area contributed by atoms with Crippen molar-refractivity contribution in [3.63, 3.8) is 0 Å². The van der Waals surface area contributed by atoms with E-state index in [9.17, 15) is 5.11 Å². The molecule has 0 unspecified atom stereocenters. The molecule has 0 bridgehead atoms. The molecule has 3 aromatic carbocycles. The van der Waals surface area contributed by atoms with Gasteiger partial charge in [-0.1, -0.05) is 107 Å². The van der Waals surface area contributed by atoms with Gasteiger partial charge in [-0.15, -0.1) is 0 Å². The van der Waals surface area contributed by atoms with Crippen LogP contribution >= 0.6 is 8.24 Å². The summed E-state index contributed by atoms with van der Waals surface area (Å²) in [5.74, 6) is 0.417. The smallest absolute Gasteiger partial charge is 0.387 e. The summed E-state index contributed by atoms with van der Waals surface area (Å²) in [6, 6.07) is 13.3. The number of aryl methyl sites for hydroxylation is 3. The summed E-state index contributed by atoms with van der Waals surface area (Å²) >= 11 is 0. The van der Waals surface area contributed by atoms with Crippen molar-refractivity contribution in [3.05, 3.63) is 75.3 Å². The lowest BCUT2D eigenvalue weighted by molar-refractivity contribution is 0.363. The summed E-state index contributed by atoms with van der Waals surface area (Å²) in [6.45, 7) is 31.1. The van der Waals surface area contributed by atoms with E-state index < -0.39 is 8.24 Å². The maximum absolute atomic E-state index is 11.2. The van der Waals surface area contributed by atoms with Crippen LogP contribution in [0.15, 0.2) is 44.8 Å². The molecule has 4 aromatic rings. The fourth-order valence-electron chi connectivity index (χ4n) is 5.88. The number of hydrogen-bond acceptors (Lipinski definition) is 4. The number of phenolic OH excluding ortho intramolecular Hbond substituents is 1. The number of phenols is 1. The lowest BCUT2D eigenvalue weighted by Gasteiger charge is -2.28. The summed E-state index contributed by atoms with van der Waals surface area (Å²) in [5.41, 5.74) is 9.09. The Balaban J connectivity index is 1.80. The molecule has 240 valence electrons. The third-order valence-corrected chi connectivity index (χ3v) is 9.35. The Hall–Kier alpha value is -2.68. The van der Waals surface area contributed by atoms with Crippen LogP contribution < -0.4 is 4.52 Å². The van der Waals surface area contributed by atoms with E-state index in [4.69, 9.17) is 12.9 Å². The normalized spacial score (nSPS) is 13.2. The molecule has 44 heavy (non-hydrogen) atoms. The molecular weight excluding hydrogens is 563 g/mol. The SMILES string of the molecule is Cc1cc(C(C)(C)C)c2op(OCCCc3cc(C(C)(C)C)c(O)c(C(C)(C)C)c3)oc3c(C(C)(C)C)cc(C)cc3c2c1. The predicted octanol–water partition coefficient (Wildman–Crippen LogP) is 11.9. The first kappa shape index (κ1) is 34.2. The number of rotatable bonds is 5. The molecule has 1 aromatic heterocycles. The Morgan fingerprint density at radius 2 is 0.977 bits per heavy atom. The zero-order valence-electron chi connectivity index (χ0n) is 29.7. The topological polar surface area (TPSA) is 55.7 Å². The molecule has 0 aliphatic rings. The minimum absolute atomic E-state index is 0.118. The maximum atomic E-state index is 11.2. The van der Waals surface area contributed by atoms with Crippen molar-refractivity contribution in [2.24, 2.45) is 0 Å². The standard InChI is InChI=1S/C39H55O4P/c1-24-18-27-28-19-25(2)21-32(39(12,13)14)35(28)43-44(42-34(27)31(20-24)38(9,10)11)41-17-15-16-26-22-29(36(3,4)5)33(40)30(23-26)37(6,7)8/h18-23,40H,15-17H2,1-14H3. The zero-order valence-corrected chi connectivity index (χ0v) is 30.6. The number of aromatic hydroxyl groups is 1. The molecule has 0 saturated heterocycles. The molecule has 4 rings (SSSR count). The van der Waals surface area contributed by atoms with Gasteiger partial charge in [-0.2, -0.15) is 0 Å². The van der Waals surface area contributed by atoms with Crippen molar-refractivity contribution in [1.82, 2.24) is 0 Å². The summed E-state index contributed by atoms with van der Waals surface area (Å²) in [6.07, 6.45) is 1.64. The Morgan fingerprint density at radius 1 is 0.591 bits per heavy atom. The molecule has 0 atom stereocenters. The second kappa shape index (κ2) is 11.9. The second-order valence-corrected chi connectivity index (χ2v) is 17.8. The van der Waals surface area contributed by atoms with Gasteiger partial charge in [0.15, 0.2) is 0 Å². The fourth-order valence-corrected chi connectivity index (χ4v) is 6.99. The van der Waals surface area contributed by atoms with E-state index in [1.54, 1.807) is 0 Å². The van der Waals surface area contributed by atoms with Crippen molar-refractivity contribution in [2.75, 3.05) is 6.61 Å². The van der Waals surface area contributed by atoms with Crippen molar-refractivity contribution < 1.29 is 18.0 Å². The predicted molar refractivity (Wildman–Crippen MR) is 188 cm³/mol. The number of hydrogen-bond donors (Lipinski definition) is 1. The lowest BCUT2D eigenvalue weighted by Crippen LogP contribution is -2.18. The highest BCUT2D eigenvalue weighted by Gasteiger charge is 2.27. The Bertz CT molecular complexity index is 1600. The summed E-state index contributed by atoms with van der Waals surface area (Å²) in [4.78, 5) is 0. The molecular formula is C39H55O4P. The van der Waals surface area contributed by atoms with Gasteiger partial charge in [0.1, 0.15) is 16.9 Å². The van der Waals surface area contributed by atoms with E-state index in [0.29, 0.717) is 12.4 Å². The van der Waals surface area contributed by atoms with Gasteiger partial charge in [-0.05, 0) is 88.3 Å². The van der Waals surface area contributed by atoms with E-state index in [-0.39, 0.29) is 21.7 Å². The summed E-state index contributed by atoms with van der Waals surface area (Å²) < 4.78 is 20.0. The van der Waals surface area contributed by atoms with Crippen LogP contribution in [0, 0.1) is 13.8 Å². The van der Waals surface area contributed by atoms with Crippen LogP contribution in [0.25, 0.3) is 21.9 Å². The van der Waals surface area contributed by atoms with Gasteiger partial charge >= 0.3 is 8.24 Å². The van der Waals surface area contributed by atoms with Crippen LogP contribution in [0.2, 0.25) is 0 Å². The average Bonchev–Trinajstić information content (AvgIpc) is 3.00. The molecule has 0 aliphatic carbocycles. The van der Waals surface area contributed by atoms with E-state index in [2.05, 4.69) is 133 Å². The van der Waals surface area contributed by atoms with Crippen LogP contribution in [0.4, 0.5) is 0 Å². The second-order valence-electron chi connectivity index (χ2n) is 16.8. The van der Waals surface area contributed by atoms with Gasteiger partial charge in [-0.3, -0.25) is 4.52 Å². The highest BCUT2D eigenvalue weighted by molar-refractivity contribution is 7.31. The highest BCUT2D eigenvalue weighted by atomic mass is 31.1. The molecule has 0 spiro atoms. The Labute approximate surface area is 266 Å². The Kier molecular flexibility index (Phi) is 9.26. The fraction of sp³-hybridized carbons (Fsp3) is 0.538. The number of fused-ring (bicyclic) bond motifs is 3. The van der Waals surface area contributed by atoms with Crippen molar-refractivity contribution >= 4 is 30.2 Å². The van der Waals surface area contributed by atoms with Crippen molar-refractivity contribution in [1.29, 1.82) is 0 Å². The average molecular weight is 619 g/mol. The molecule has 4 nitrogen and oxygen atoms in total. The van der Waals surface area contributed by atoms with Crippen molar-refractivity contribution in [2.45, 2.75) is 131 Å². The largest absolute Gasteiger partial charge is 0.507 e. The highest BCUT2D eigenvalue weighted by Crippen LogP contribution is 2.43. The quantitative estimate of drug-likeness (QED) is 0.226. The first-order valence-corrected chi connectivity index (χ1v) is 17.1. The van der Waals surface area contributed by atoms with E-state index in [1.807, 2.05) is 0 Å². The molecule has 0 fully saturated rings. The van der Waals surface area contributed by atoms with Gasteiger partial charge in [0.2, 0.25) is 0 Å². The molecule has 0 amide bonds. The minimum Gasteiger partial charge on any atom is -0.507 e. The molecule has 1 heterocycles. The van der Waals surface area contributed by atoms with Crippen LogP contribution in [-0.2, 0) is 28.1 Å². The third-order valence-electron chi connectivity index (χ3n) is 8.30. The first-order chi connectivity index (χ1) is 20.1. The maximum Gasteiger partial charge on any atom is 0.387 e. The molecule has 1 N–H and O–H groups in total.